The van der Waals surface area contributed by atoms with E-state index in [4.69, 9.17) is 4.84 Å². The van der Waals surface area contributed by atoms with Gasteiger partial charge in [0.15, 0.2) is 0 Å². The molecule has 0 aliphatic carbocycles. The van der Waals surface area contributed by atoms with Crippen molar-refractivity contribution in [2.24, 2.45) is 0 Å². The number of nitrogens with zero attached hydrogens (tertiary/aromatic N) is 2. The fourth-order valence-electron chi connectivity index (χ4n) is 2.64. The standard InChI is InChI=1S/C15H20N2O3/c1-11(18)17-9-8-12-6-4-5-7-13(12)14(17)10-15(19)16(2)20-3/h4-7,14H,8-10H2,1-3H3. The number of carbonyl (C=O) groups excluding carboxylic acids is 2. The second-order valence-corrected chi connectivity index (χ2v) is 4.95. The Balaban J connectivity index is 2.29. The van der Waals surface area contributed by atoms with Crippen molar-refractivity contribution in [1.82, 2.24) is 9.96 Å². The first kappa shape index (κ1) is 14.5. The van der Waals surface area contributed by atoms with E-state index in [9.17, 15) is 9.59 Å². The molecule has 1 aliphatic rings. The summed E-state index contributed by atoms with van der Waals surface area (Å²) in [6.07, 6.45) is 1.07. The number of fused-ring (bicyclic) bond motifs is 1. The molecule has 0 saturated carbocycles. The summed E-state index contributed by atoms with van der Waals surface area (Å²) >= 11 is 0. The minimum absolute atomic E-state index is 0.00243. The van der Waals surface area contributed by atoms with Crippen molar-refractivity contribution in [3.63, 3.8) is 0 Å². The van der Waals surface area contributed by atoms with Crippen LogP contribution >= 0.6 is 0 Å². The highest BCUT2D eigenvalue weighted by Crippen LogP contribution is 2.32. The van der Waals surface area contributed by atoms with Crippen molar-refractivity contribution in [2.75, 3.05) is 20.7 Å². The van der Waals surface area contributed by atoms with E-state index in [2.05, 4.69) is 6.07 Å². The molecule has 2 rings (SSSR count). The van der Waals surface area contributed by atoms with Gasteiger partial charge in [0.05, 0.1) is 19.6 Å². The predicted octanol–water partition coefficient (Wildman–Crippen LogP) is 1.54. The molecule has 1 atom stereocenters. The minimum Gasteiger partial charge on any atom is -0.335 e. The number of rotatable bonds is 3. The van der Waals surface area contributed by atoms with Gasteiger partial charge in [-0.05, 0) is 17.5 Å². The van der Waals surface area contributed by atoms with Crippen molar-refractivity contribution in [3.8, 4) is 0 Å². The van der Waals surface area contributed by atoms with Gasteiger partial charge in [-0.3, -0.25) is 14.4 Å². The van der Waals surface area contributed by atoms with Gasteiger partial charge in [0.1, 0.15) is 0 Å². The van der Waals surface area contributed by atoms with E-state index in [-0.39, 0.29) is 24.3 Å². The zero-order valence-electron chi connectivity index (χ0n) is 12.1. The fraction of sp³-hybridized carbons (Fsp3) is 0.467. The molecule has 0 radical (unpaired) electrons. The zero-order valence-corrected chi connectivity index (χ0v) is 12.1. The molecule has 0 fully saturated rings. The highest BCUT2D eigenvalue weighted by atomic mass is 16.7. The molecule has 1 heterocycles. The number of carbonyl (C=O) groups is 2. The SMILES string of the molecule is CON(C)C(=O)CC1c2ccccc2CCN1C(C)=O. The first-order valence-corrected chi connectivity index (χ1v) is 6.70. The van der Waals surface area contributed by atoms with Crippen LogP contribution in [-0.4, -0.2) is 42.5 Å². The van der Waals surface area contributed by atoms with Gasteiger partial charge in [0, 0.05) is 20.5 Å². The molecular weight excluding hydrogens is 256 g/mol. The lowest BCUT2D eigenvalue weighted by molar-refractivity contribution is -0.170. The van der Waals surface area contributed by atoms with Gasteiger partial charge < -0.3 is 4.90 Å². The van der Waals surface area contributed by atoms with Crippen molar-refractivity contribution >= 4 is 11.8 Å². The molecule has 0 saturated heterocycles. The Hall–Kier alpha value is -1.88. The van der Waals surface area contributed by atoms with Crippen LogP contribution in [0.15, 0.2) is 24.3 Å². The van der Waals surface area contributed by atoms with Crippen molar-refractivity contribution in [3.05, 3.63) is 35.4 Å². The minimum atomic E-state index is -0.206. The summed E-state index contributed by atoms with van der Waals surface area (Å²) < 4.78 is 0. The number of hydroxylamine groups is 2. The van der Waals surface area contributed by atoms with E-state index >= 15 is 0 Å². The molecular formula is C15H20N2O3. The molecule has 2 amide bonds. The topological polar surface area (TPSA) is 49.9 Å². The Labute approximate surface area is 119 Å². The van der Waals surface area contributed by atoms with Crippen molar-refractivity contribution in [1.29, 1.82) is 0 Å². The molecule has 0 bridgehead atoms. The van der Waals surface area contributed by atoms with Crippen molar-refractivity contribution in [2.45, 2.75) is 25.8 Å². The molecule has 5 nitrogen and oxygen atoms in total. The Bertz CT molecular complexity index is 516. The van der Waals surface area contributed by atoms with E-state index in [1.807, 2.05) is 18.2 Å². The Morgan fingerprint density at radius 1 is 1.40 bits per heavy atom. The van der Waals surface area contributed by atoms with E-state index < -0.39 is 0 Å². The average Bonchev–Trinajstić information content (AvgIpc) is 2.46. The summed E-state index contributed by atoms with van der Waals surface area (Å²) in [5, 5.41) is 1.20. The molecule has 0 N–H and O–H groups in total. The van der Waals surface area contributed by atoms with Crippen LogP contribution in [-0.2, 0) is 20.8 Å². The third-order valence-electron chi connectivity index (χ3n) is 3.81. The maximum absolute atomic E-state index is 12.1. The lowest BCUT2D eigenvalue weighted by Gasteiger charge is -2.37. The van der Waals surface area contributed by atoms with E-state index in [0.29, 0.717) is 6.54 Å². The van der Waals surface area contributed by atoms with E-state index in [0.717, 1.165) is 12.0 Å². The smallest absolute Gasteiger partial charge is 0.248 e. The fourth-order valence-corrected chi connectivity index (χ4v) is 2.64. The van der Waals surface area contributed by atoms with Crippen LogP contribution in [0.25, 0.3) is 0 Å². The molecule has 1 aromatic carbocycles. The lowest BCUT2D eigenvalue weighted by atomic mass is 9.90. The Morgan fingerprint density at radius 2 is 2.10 bits per heavy atom. The Morgan fingerprint density at radius 3 is 2.75 bits per heavy atom. The normalized spacial score (nSPS) is 17.6. The maximum Gasteiger partial charge on any atom is 0.248 e. The van der Waals surface area contributed by atoms with Crippen LogP contribution < -0.4 is 0 Å². The zero-order chi connectivity index (χ0) is 14.7. The van der Waals surface area contributed by atoms with Crippen LogP contribution in [0.3, 0.4) is 0 Å². The van der Waals surface area contributed by atoms with Gasteiger partial charge in [-0.2, -0.15) is 0 Å². The summed E-state index contributed by atoms with van der Waals surface area (Å²) in [5.41, 5.74) is 2.27. The molecule has 1 unspecified atom stereocenters. The van der Waals surface area contributed by atoms with Crippen LogP contribution in [0.4, 0.5) is 0 Å². The van der Waals surface area contributed by atoms with Gasteiger partial charge >= 0.3 is 0 Å². The van der Waals surface area contributed by atoms with Crippen LogP contribution in [0.1, 0.15) is 30.5 Å². The highest BCUT2D eigenvalue weighted by Gasteiger charge is 2.31. The largest absolute Gasteiger partial charge is 0.335 e. The summed E-state index contributed by atoms with van der Waals surface area (Å²) in [6.45, 7) is 2.20. The quantitative estimate of drug-likeness (QED) is 0.787. The lowest BCUT2D eigenvalue weighted by Crippen LogP contribution is -2.41. The van der Waals surface area contributed by atoms with Gasteiger partial charge in [0.2, 0.25) is 11.8 Å². The molecule has 108 valence electrons. The third-order valence-corrected chi connectivity index (χ3v) is 3.81. The van der Waals surface area contributed by atoms with Crippen LogP contribution in [0.5, 0.6) is 0 Å². The summed E-state index contributed by atoms with van der Waals surface area (Å²) in [6, 6.07) is 7.78. The van der Waals surface area contributed by atoms with Crippen LogP contribution in [0, 0.1) is 0 Å². The van der Waals surface area contributed by atoms with Gasteiger partial charge in [0.25, 0.3) is 0 Å². The number of hydrogen-bond acceptors (Lipinski definition) is 3. The third kappa shape index (κ3) is 2.82. The molecule has 1 aromatic rings. The first-order chi connectivity index (χ1) is 9.54. The highest BCUT2D eigenvalue weighted by molar-refractivity contribution is 5.79. The number of benzene rings is 1. The summed E-state index contributed by atoms with van der Waals surface area (Å²) in [4.78, 5) is 30.6. The molecule has 20 heavy (non-hydrogen) atoms. The van der Waals surface area contributed by atoms with Gasteiger partial charge in [-0.15, -0.1) is 0 Å². The van der Waals surface area contributed by atoms with Gasteiger partial charge in [-0.1, -0.05) is 24.3 Å². The first-order valence-electron chi connectivity index (χ1n) is 6.70. The monoisotopic (exact) mass is 276 g/mol. The Kier molecular flexibility index (Phi) is 4.39. The van der Waals surface area contributed by atoms with Crippen LogP contribution in [0.2, 0.25) is 0 Å². The number of amides is 2. The average molecular weight is 276 g/mol. The second kappa shape index (κ2) is 6.05. The molecule has 0 spiro atoms. The number of hydrogen-bond donors (Lipinski definition) is 0. The van der Waals surface area contributed by atoms with Gasteiger partial charge in [-0.25, -0.2) is 5.06 Å². The van der Waals surface area contributed by atoms with Crippen molar-refractivity contribution < 1.29 is 14.4 Å². The summed E-state index contributed by atoms with van der Waals surface area (Å²) in [7, 11) is 3.03. The molecule has 5 heteroatoms. The maximum atomic E-state index is 12.1. The molecule has 0 aromatic heterocycles. The summed E-state index contributed by atoms with van der Waals surface area (Å²) in [5.74, 6) is -0.141. The van der Waals surface area contributed by atoms with E-state index in [1.165, 1.54) is 17.7 Å². The predicted molar refractivity (Wildman–Crippen MR) is 74.7 cm³/mol. The molecule has 1 aliphatic heterocycles. The second-order valence-electron chi connectivity index (χ2n) is 4.95. The van der Waals surface area contributed by atoms with E-state index in [1.54, 1.807) is 18.9 Å².